The third-order valence-electron chi connectivity index (χ3n) is 6.11. The average Bonchev–Trinajstić information content (AvgIpc) is 3.66. The van der Waals surface area contributed by atoms with Gasteiger partial charge in [0, 0.05) is 11.3 Å². The van der Waals surface area contributed by atoms with Gasteiger partial charge in [-0.2, -0.15) is 5.10 Å². The second-order valence-electron chi connectivity index (χ2n) is 8.57. The predicted octanol–water partition coefficient (Wildman–Crippen LogP) is 5.58. The number of thioether (sulfide) groups is 1. The molecule has 174 valence electrons. The van der Waals surface area contributed by atoms with Crippen molar-refractivity contribution in [1.82, 2.24) is 15.2 Å². The molecular formula is C24H22N4O4S2. The van der Waals surface area contributed by atoms with Gasteiger partial charge in [-0.1, -0.05) is 18.7 Å². The highest BCUT2D eigenvalue weighted by molar-refractivity contribution is 7.99. The van der Waals surface area contributed by atoms with Gasteiger partial charge in [-0.3, -0.25) is 4.79 Å². The first kappa shape index (κ1) is 21.4. The van der Waals surface area contributed by atoms with Crippen molar-refractivity contribution in [3.8, 4) is 10.8 Å². The van der Waals surface area contributed by atoms with Gasteiger partial charge in [0.1, 0.15) is 23.3 Å². The van der Waals surface area contributed by atoms with Gasteiger partial charge in [-0.05, 0) is 61.1 Å². The molecule has 2 aliphatic rings. The highest BCUT2D eigenvalue weighted by Gasteiger charge is 2.35. The van der Waals surface area contributed by atoms with Gasteiger partial charge in [-0.15, -0.1) is 21.5 Å². The van der Waals surface area contributed by atoms with E-state index in [1.165, 1.54) is 33.6 Å². The molecule has 0 bridgehead atoms. The number of rotatable bonds is 6. The van der Waals surface area contributed by atoms with Crippen molar-refractivity contribution in [1.29, 1.82) is 0 Å². The minimum atomic E-state index is -0.318. The molecule has 0 saturated carbocycles. The van der Waals surface area contributed by atoms with Crippen molar-refractivity contribution in [3.05, 3.63) is 64.8 Å². The first-order valence-corrected chi connectivity index (χ1v) is 13.0. The summed E-state index contributed by atoms with van der Waals surface area (Å²) in [5.41, 5.74) is 2.10. The second kappa shape index (κ2) is 8.92. The number of fused-ring (bicyclic) bond motifs is 1. The molecule has 34 heavy (non-hydrogen) atoms. The van der Waals surface area contributed by atoms with Crippen LogP contribution in [0.15, 0.2) is 66.4 Å². The smallest absolute Gasteiger partial charge is 0.277 e. The zero-order valence-corrected chi connectivity index (χ0v) is 20.1. The van der Waals surface area contributed by atoms with Crippen molar-refractivity contribution < 1.29 is 18.0 Å². The summed E-state index contributed by atoms with van der Waals surface area (Å²) in [6.07, 6.45) is 7.14. The van der Waals surface area contributed by atoms with E-state index >= 15 is 0 Å². The maximum atomic E-state index is 13.1. The quantitative estimate of drug-likeness (QED) is 0.323. The summed E-state index contributed by atoms with van der Waals surface area (Å²) in [4.78, 5) is 15.5. The Morgan fingerprint density at radius 1 is 1.21 bits per heavy atom. The third kappa shape index (κ3) is 4.12. The molecule has 1 amide bonds. The largest absolute Gasteiger partial charge is 0.467 e. The molecule has 4 aromatic heterocycles. The van der Waals surface area contributed by atoms with Crippen LogP contribution in [-0.2, 0) is 17.6 Å². The zero-order valence-electron chi connectivity index (χ0n) is 18.5. The molecule has 0 unspecified atom stereocenters. The molecule has 0 aromatic carbocycles. The van der Waals surface area contributed by atoms with E-state index in [1.54, 1.807) is 36.0 Å². The molecule has 2 atom stereocenters. The lowest BCUT2D eigenvalue weighted by Crippen LogP contribution is -2.28. The van der Waals surface area contributed by atoms with Crippen LogP contribution in [0.5, 0.6) is 0 Å². The van der Waals surface area contributed by atoms with Gasteiger partial charge < -0.3 is 13.3 Å². The molecule has 6 rings (SSSR count). The number of hydrogen-bond donors (Lipinski definition) is 0. The highest BCUT2D eigenvalue weighted by Crippen LogP contribution is 2.38. The molecule has 1 aliphatic carbocycles. The van der Waals surface area contributed by atoms with E-state index in [0.29, 0.717) is 40.7 Å². The molecule has 0 fully saturated rings. The van der Waals surface area contributed by atoms with Crippen LogP contribution in [0, 0.1) is 5.92 Å². The van der Waals surface area contributed by atoms with Crippen molar-refractivity contribution >= 4 is 34.7 Å². The Labute approximate surface area is 204 Å². The summed E-state index contributed by atoms with van der Waals surface area (Å²) < 4.78 is 16.9. The minimum Gasteiger partial charge on any atom is -0.467 e. The molecule has 0 spiro atoms. The monoisotopic (exact) mass is 494 g/mol. The summed E-state index contributed by atoms with van der Waals surface area (Å²) in [6.45, 7) is 2.29. The standard InChI is InChI=1S/C24H22N4O4S2/c1-14-6-7-20-15(10-14)11-21(34-20)23-25-26-24(32-23)33-13-22(29)28-17(19-5-3-9-31-19)12-16(27-28)18-4-2-8-30-18/h2-5,8-9,11,14,17H,6-7,10,12-13H2,1H3/t14-,17-/m0/s1. The highest BCUT2D eigenvalue weighted by atomic mass is 32.2. The Hall–Kier alpha value is -3.11. The van der Waals surface area contributed by atoms with Gasteiger partial charge >= 0.3 is 0 Å². The van der Waals surface area contributed by atoms with Gasteiger partial charge in [0.05, 0.1) is 23.2 Å². The topological polar surface area (TPSA) is 97.9 Å². The first-order chi connectivity index (χ1) is 16.6. The van der Waals surface area contributed by atoms with Crippen LogP contribution in [0.1, 0.15) is 47.8 Å². The van der Waals surface area contributed by atoms with E-state index in [2.05, 4.69) is 28.3 Å². The van der Waals surface area contributed by atoms with Crippen molar-refractivity contribution in [2.45, 2.75) is 43.9 Å². The van der Waals surface area contributed by atoms with E-state index in [1.807, 2.05) is 12.1 Å². The average molecular weight is 495 g/mol. The Morgan fingerprint density at radius 2 is 2.09 bits per heavy atom. The number of nitrogens with zero attached hydrogens (tertiary/aromatic N) is 4. The van der Waals surface area contributed by atoms with Gasteiger partial charge in [0.15, 0.2) is 0 Å². The van der Waals surface area contributed by atoms with Crippen LogP contribution < -0.4 is 0 Å². The van der Waals surface area contributed by atoms with Crippen LogP contribution in [0.4, 0.5) is 0 Å². The third-order valence-corrected chi connectivity index (χ3v) is 8.14. The lowest BCUT2D eigenvalue weighted by molar-refractivity contribution is -0.130. The van der Waals surface area contributed by atoms with Gasteiger partial charge in [-0.25, -0.2) is 5.01 Å². The van der Waals surface area contributed by atoms with E-state index in [4.69, 9.17) is 13.3 Å². The summed E-state index contributed by atoms with van der Waals surface area (Å²) >= 11 is 2.94. The van der Waals surface area contributed by atoms with E-state index in [0.717, 1.165) is 17.7 Å². The Kier molecular flexibility index (Phi) is 5.62. The number of carbonyl (C=O) groups is 1. The molecule has 10 heteroatoms. The fourth-order valence-electron chi connectivity index (χ4n) is 4.40. The first-order valence-electron chi connectivity index (χ1n) is 11.2. The van der Waals surface area contributed by atoms with Crippen LogP contribution in [-0.4, -0.2) is 32.6 Å². The van der Waals surface area contributed by atoms with Gasteiger partial charge in [0.25, 0.3) is 17.0 Å². The van der Waals surface area contributed by atoms with E-state index in [-0.39, 0.29) is 17.7 Å². The predicted molar refractivity (Wildman–Crippen MR) is 128 cm³/mol. The van der Waals surface area contributed by atoms with Gasteiger partial charge in [0.2, 0.25) is 0 Å². The molecule has 5 heterocycles. The summed E-state index contributed by atoms with van der Waals surface area (Å²) in [6, 6.07) is 9.15. The molecule has 0 radical (unpaired) electrons. The Bertz CT molecular complexity index is 1320. The number of aromatic nitrogens is 2. The zero-order chi connectivity index (χ0) is 23.1. The van der Waals surface area contributed by atoms with E-state index < -0.39 is 0 Å². The van der Waals surface area contributed by atoms with Crippen LogP contribution in [0.2, 0.25) is 0 Å². The summed E-state index contributed by atoms with van der Waals surface area (Å²) in [7, 11) is 0. The maximum absolute atomic E-state index is 13.1. The number of hydrazone groups is 1. The number of amides is 1. The van der Waals surface area contributed by atoms with Crippen LogP contribution in [0.25, 0.3) is 10.8 Å². The number of thiophene rings is 1. The molecule has 4 aromatic rings. The summed E-state index contributed by atoms with van der Waals surface area (Å²) in [5, 5.41) is 14.7. The number of hydrogen-bond acceptors (Lipinski definition) is 9. The lowest BCUT2D eigenvalue weighted by atomic mass is 9.90. The fourth-order valence-corrected chi connectivity index (χ4v) is 6.15. The summed E-state index contributed by atoms with van der Waals surface area (Å²) in [5.74, 6) is 2.49. The van der Waals surface area contributed by atoms with E-state index in [9.17, 15) is 4.79 Å². The van der Waals surface area contributed by atoms with Crippen LogP contribution in [0.3, 0.4) is 0 Å². The van der Waals surface area contributed by atoms with Crippen LogP contribution >= 0.6 is 23.1 Å². The van der Waals surface area contributed by atoms with Crippen molar-refractivity contribution in [2.24, 2.45) is 11.0 Å². The van der Waals surface area contributed by atoms with Crippen molar-refractivity contribution in [3.63, 3.8) is 0 Å². The molecule has 0 saturated heterocycles. The number of carbonyl (C=O) groups excluding carboxylic acids is 1. The molecular weight excluding hydrogens is 472 g/mol. The number of aryl methyl sites for hydroxylation is 1. The molecule has 1 aliphatic heterocycles. The SMILES string of the molecule is C[C@H]1CCc2sc(-c3nnc(SCC(=O)N4N=C(c5ccco5)C[C@H]4c4ccco4)o3)cc2C1. The normalized spacial score (nSPS) is 19.9. The fraction of sp³-hybridized carbons (Fsp3) is 0.333. The Balaban J connectivity index is 1.15. The van der Waals surface area contributed by atoms with Crippen molar-refractivity contribution in [2.75, 3.05) is 5.75 Å². The maximum Gasteiger partial charge on any atom is 0.277 e. The second-order valence-corrected chi connectivity index (χ2v) is 10.6. The minimum absolute atomic E-state index is 0.117. The molecule has 8 nitrogen and oxygen atoms in total. The molecule has 0 N–H and O–H groups in total. The Morgan fingerprint density at radius 3 is 2.91 bits per heavy atom. The lowest BCUT2D eigenvalue weighted by Gasteiger charge is -2.19. The number of furan rings is 2.